The molecule has 0 fully saturated rings. The number of amides is 1. The average molecular weight is 253 g/mol. The number of hydrogen-bond acceptors (Lipinski definition) is 3. The van der Waals surface area contributed by atoms with Crippen molar-refractivity contribution in [3.8, 4) is 0 Å². The predicted octanol–water partition coefficient (Wildman–Crippen LogP) is 1.32. The summed E-state index contributed by atoms with van der Waals surface area (Å²) in [7, 11) is 0. The van der Waals surface area contributed by atoms with Crippen LogP contribution in [0.1, 0.15) is 34.1 Å². The van der Waals surface area contributed by atoms with E-state index in [-0.39, 0.29) is 30.5 Å². The number of nitrogens with two attached hydrogens (primary N) is 1. The van der Waals surface area contributed by atoms with Gasteiger partial charge in [0.25, 0.3) is 0 Å². The lowest BCUT2D eigenvalue weighted by Gasteiger charge is -2.33. The fraction of sp³-hybridized carbons (Fsp3) is 0.909. The van der Waals surface area contributed by atoms with E-state index in [0.29, 0.717) is 19.1 Å². The molecule has 0 aromatic carbocycles. The van der Waals surface area contributed by atoms with Gasteiger partial charge in [-0.25, -0.2) is 0 Å². The minimum Gasteiger partial charge on any atom is -0.372 e. The standard InChI is InChI=1S/C11H24N2O2.ClH/c1-5-6-15-7-10(14)13-11(4,8-12)9(2)3;/h9H,5-8,12H2,1-4H3,(H,13,14);1H. The second-order valence-corrected chi connectivity index (χ2v) is 4.38. The molecule has 0 saturated carbocycles. The SMILES string of the molecule is CCCOCC(=O)NC(C)(CN)C(C)C.Cl. The van der Waals surface area contributed by atoms with Gasteiger partial charge in [-0.2, -0.15) is 0 Å². The molecule has 0 aromatic rings. The summed E-state index contributed by atoms with van der Waals surface area (Å²) in [5, 5.41) is 2.91. The molecule has 0 aliphatic heterocycles. The van der Waals surface area contributed by atoms with Crippen LogP contribution in [0.15, 0.2) is 0 Å². The summed E-state index contributed by atoms with van der Waals surface area (Å²) in [6.07, 6.45) is 0.922. The molecule has 0 heterocycles. The summed E-state index contributed by atoms with van der Waals surface area (Å²) >= 11 is 0. The number of carbonyl (C=O) groups is 1. The lowest BCUT2D eigenvalue weighted by Crippen LogP contribution is -2.55. The van der Waals surface area contributed by atoms with Crippen molar-refractivity contribution >= 4 is 18.3 Å². The van der Waals surface area contributed by atoms with Crippen molar-refractivity contribution in [1.82, 2.24) is 5.32 Å². The highest BCUT2D eigenvalue weighted by atomic mass is 35.5. The van der Waals surface area contributed by atoms with E-state index in [2.05, 4.69) is 5.32 Å². The molecule has 0 bridgehead atoms. The molecule has 1 amide bonds. The Morgan fingerprint density at radius 2 is 2.06 bits per heavy atom. The van der Waals surface area contributed by atoms with Crippen LogP contribution in [0.2, 0.25) is 0 Å². The largest absolute Gasteiger partial charge is 0.372 e. The van der Waals surface area contributed by atoms with Gasteiger partial charge >= 0.3 is 0 Å². The highest BCUT2D eigenvalue weighted by Crippen LogP contribution is 2.14. The van der Waals surface area contributed by atoms with Crippen molar-refractivity contribution < 1.29 is 9.53 Å². The zero-order valence-electron chi connectivity index (χ0n) is 10.7. The third-order valence-electron chi connectivity index (χ3n) is 2.70. The van der Waals surface area contributed by atoms with Crippen LogP contribution in [0.3, 0.4) is 0 Å². The van der Waals surface area contributed by atoms with Crippen molar-refractivity contribution in [2.24, 2.45) is 11.7 Å². The first-order valence-electron chi connectivity index (χ1n) is 5.55. The van der Waals surface area contributed by atoms with Crippen LogP contribution in [0.25, 0.3) is 0 Å². The second kappa shape index (κ2) is 8.79. The molecule has 0 aromatic heterocycles. The van der Waals surface area contributed by atoms with E-state index in [9.17, 15) is 4.79 Å². The topological polar surface area (TPSA) is 64.3 Å². The zero-order chi connectivity index (χ0) is 11.9. The Bertz CT molecular complexity index is 200. The Labute approximate surface area is 105 Å². The van der Waals surface area contributed by atoms with Gasteiger partial charge < -0.3 is 15.8 Å². The summed E-state index contributed by atoms with van der Waals surface area (Å²) in [6, 6.07) is 0. The molecular weight excluding hydrogens is 228 g/mol. The van der Waals surface area contributed by atoms with Gasteiger partial charge in [0.05, 0.1) is 5.54 Å². The predicted molar refractivity (Wildman–Crippen MR) is 68.8 cm³/mol. The second-order valence-electron chi connectivity index (χ2n) is 4.38. The third-order valence-corrected chi connectivity index (χ3v) is 2.70. The normalized spacial score (nSPS) is 14.1. The molecule has 1 unspecified atom stereocenters. The van der Waals surface area contributed by atoms with Crippen molar-refractivity contribution in [3.05, 3.63) is 0 Å². The number of ether oxygens (including phenoxy) is 1. The molecule has 4 nitrogen and oxygen atoms in total. The lowest BCUT2D eigenvalue weighted by atomic mass is 9.88. The zero-order valence-corrected chi connectivity index (χ0v) is 11.5. The van der Waals surface area contributed by atoms with Gasteiger partial charge in [0.1, 0.15) is 6.61 Å². The highest BCUT2D eigenvalue weighted by Gasteiger charge is 2.28. The van der Waals surface area contributed by atoms with Gasteiger partial charge in [-0.3, -0.25) is 4.79 Å². The summed E-state index contributed by atoms with van der Waals surface area (Å²) in [6.45, 7) is 9.22. The Morgan fingerprint density at radius 3 is 2.44 bits per heavy atom. The maximum atomic E-state index is 11.5. The van der Waals surface area contributed by atoms with Crippen LogP contribution in [0, 0.1) is 5.92 Å². The third kappa shape index (κ3) is 6.30. The first-order valence-corrected chi connectivity index (χ1v) is 5.55. The van der Waals surface area contributed by atoms with E-state index >= 15 is 0 Å². The minimum absolute atomic E-state index is 0. The summed E-state index contributed by atoms with van der Waals surface area (Å²) in [4.78, 5) is 11.5. The summed E-state index contributed by atoms with van der Waals surface area (Å²) in [5.74, 6) is 0.211. The van der Waals surface area contributed by atoms with Crippen LogP contribution in [-0.4, -0.2) is 31.2 Å². The maximum Gasteiger partial charge on any atom is 0.246 e. The van der Waals surface area contributed by atoms with E-state index < -0.39 is 0 Å². The molecule has 0 rings (SSSR count). The molecule has 1 atom stereocenters. The Balaban J connectivity index is 0. The van der Waals surface area contributed by atoms with Crippen molar-refractivity contribution in [2.75, 3.05) is 19.8 Å². The molecule has 0 aliphatic carbocycles. The van der Waals surface area contributed by atoms with E-state index in [4.69, 9.17) is 10.5 Å². The molecule has 0 spiro atoms. The van der Waals surface area contributed by atoms with Crippen LogP contribution in [0.5, 0.6) is 0 Å². The Hall–Kier alpha value is -0.320. The highest BCUT2D eigenvalue weighted by molar-refractivity contribution is 5.85. The molecule has 0 saturated heterocycles. The van der Waals surface area contributed by atoms with E-state index in [1.807, 2.05) is 27.7 Å². The summed E-state index contributed by atoms with van der Waals surface area (Å²) < 4.78 is 5.16. The number of hydrogen-bond donors (Lipinski definition) is 2. The minimum atomic E-state index is -0.341. The molecule has 3 N–H and O–H groups in total. The number of halogens is 1. The van der Waals surface area contributed by atoms with Crippen molar-refractivity contribution in [1.29, 1.82) is 0 Å². The van der Waals surface area contributed by atoms with E-state index in [1.54, 1.807) is 0 Å². The van der Waals surface area contributed by atoms with Gasteiger partial charge in [-0.1, -0.05) is 20.8 Å². The van der Waals surface area contributed by atoms with Gasteiger partial charge in [-0.05, 0) is 19.3 Å². The number of rotatable bonds is 7. The Morgan fingerprint density at radius 1 is 1.50 bits per heavy atom. The fourth-order valence-electron chi connectivity index (χ4n) is 1.09. The van der Waals surface area contributed by atoms with E-state index in [0.717, 1.165) is 6.42 Å². The van der Waals surface area contributed by atoms with Gasteiger partial charge in [0, 0.05) is 13.2 Å². The molecule has 0 radical (unpaired) electrons. The van der Waals surface area contributed by atoms with Crippen molar-refractivity contribution in [3.63, 3.8) is 0 Å². The molecule has 98 valence electrons. The molecule has 0 aliphatic rings. The van der Waals surface area contributed by atoms with Gasteiger partial charge in [0.15, 0.2) is 0 Å². The maximum absolute atomic E-state index is 11.5. The average Bonchev–Trinajstić information content (AvgIpc) is 2.17. The Kier molecular flexibility index (Phi) is 9.92. The molecule has 16 heavy (non-hydrogen) atoms. The molecule has 5 heteroatoms. The number of carbonyl (C=O) groups excluding carboxylic acids is 1. The quantitative estimate of drug-likeness (QED) is 0.672. The van der Waals surface area contributed by atoms with Gasteiger partial charge in [0.2, 0.25) is 5.91 Å². The number of nitrogens with one attached hydrogen (secondary N) is 1. The van der Waals surface area contributed by atoms with Crippen LogP contribution < -0.4 is 11.1 Å². The van der Waals surface area contributed by atoms with E-state index in [1.165, 1.54) is 0 Å². The first-order chi connectivity index (χ1) is 6.96. The lowest BCUT2D eigenvalue weighted by molar-refractivity contribution is -0.127. The van der Waals surface area contributed by atoms with Crippen molar-refractivity contribution in [2.45, 2.75) is 39.7 Å². The van der Waals surface area contributed by atoms with Gasteiger partial charge in [-0.15, -0.1) is 12.4 Å². The van der Waals surface area contributed by atoms with Crippen LogP contribution in [-0.2, 0) is 9.53 Å². The molecular formula is C11H25ClN2O2. The fourth-order valence-corrected chi connectivity index (χ4v) is 1.09. The summed E-state index contributed by atoms with van der Waals surface area (Å²) in [5.41, 5.74) is 5.31. The first kappa shape index (κ1) is 18.1. The van der Waals surface area contributed by atoms with Crippen LogP contribution >= 0.6 is 12.4 Å². The monoisotopic (exact) mass is 252 g/mol. The smallest absolute Gasteiger partial charge is 0.246 e. The van der Waals surface area contributed by atoms with Crippen LogP contribution in [0.4, 0.5) is 0 Å².